The number of hydrogen-bond donors (Lipinski definition) is 2. The molecule has 1 amide bonds. The van der Waals surface area contributed by atoms with Gasteiger partial charge in [-0.25, -0.2) is 0 Å². The van der Waals surface area contributed by atoms with Crippen LogP contribution in [0.5, 0.6) is 0 Å². The second-order valence-electron chi connectivity index (χ2n) is 4.61. The minimum absolute atomic E-state index is 0.0106. The van der Waals surface area contributed by atoms with Gasteiger partial charge in [0.2, 0.25) is 0 Å². The lowest BCUT2D eigenvalue weighted by Gasteiger charge is -2.15. The van der Waals surface area contributed by atoms with Crippen LogP contribution in [0.15, 0.2) is 46.9 Å². The summed E-state index contributed by atoms with van der Waals surface area (Å²) in [6.07, 6.45) is 0. The quantitative estimate of drug-likeness (QED) is 0.883. The van der Waals surface area contributed by atoms with Crippen LogP contribution in [-0.2, 0) is 4.79 Å². The first-order chi connectivity index (χ1) is 9.15. The predicted octanol–water partition coefficient (Wildman–Crippen LogP) is 3.86. The molecule has 1 aliphatic rings. The standard InChI is InChI=1S/C15H13BrN2O/c1-9-8-10(16)6-7-12(9)17-14-11-4-2-3-5-13(11)18-15(14)19/h2-8,14,17H,1H3,(H,18,19). The Hall–Kier alpha value is -1.81. The van der Waals surface area contributed by atoms with Crippen molar-refractivity contribution in [1.29, 1.82) is 0 Å². The SMILES string of the molecule is Cc1cc(Br)ccc1NC1C(=O)Nc2ccccc21. The fourth-order valence-corrected chi connectivity index (χ4v) is 2.77. The normalized spacial score (nSPS) is 16.9. The molecule has 2 aromatic carbocycles. The van der Waals surface area contributed by atoms with Crippen molar-refractivity contribution in [3.63, 3.8) is 0 Å². The summed E-state index contributed by atoms with van der Waals surface area (Å²) >= 11 is 3.44. The van der Waals surface area contributed by atoms with Gasteiger partial charge in [0.05, 0.1) is 0 Å². The van der Waals surface area contributed by atoms with Gasteiger partial charge < -0.3 is 10.6 Å². The largest absolute Gasteiger partial charge is 0.370 e. The maximum atomic E-state index is 12.0. The second-order valence-corrected chi connectivity index (χ2v) is 5.53. The zero-order valence-corrected chi connectivity index (χ0v) is 12.0. The highest BCUT2D eigenvalue weighted by Crippen LogP contribution is 2.34. The number of aryl methyl sites for hydroxylation is 1. The zero-order chi connectivity index (χ0) is 13.4. The number of hydrogen-bond acceptors (Lipinski definition) is 2. The van der Waals surface area contributed by atoms with Gasteiger partial charge >= 0.3 is 0 Å². The third kappa shape index (κ3) is 2.24. The molecular weight excluding hydrogens is 304 g/mol. The smallest absolute Gasteiger partial charge is 0.251 e. The van der Waals surface area contributed by atoms with E-state index in [1.807, 2.05) is 49.4 Å². The number of carbonyl (C=O) groups excluding carboxylic acids is 1. The Labute approximate surface area is 120 Å². The molecule has 3 rings (SSSR count). The van der Waals surface area contributed by atoms with E-state index in [-0.39, 0.29) is 11.9 Å². The average Bonchev–Trinajstić information content (AvgIpc) is 2.69. The first-order valence-corrected chi connectivity index (χ1v) is 6.87. The van der Waals surface area contributed by atoms with E-state index in [0.29, 0.717) is 0 Å². The van der Waals surface area contributed by atoms with Crippen LogP contribution in [0, 0.1) is 6.92 Å². The first-order valence-electron chi connectivity index (χ1n) is 6.07. The molecule has 4 heteroatoms. The average molecular weight is 317 g/mol. The Kier molecular flexibility index (Phi) is 3.03. The van der Waals surface area contributed by atoms with E-state index in [9.17, 15) is 4.79 Å². The van der Waals surface area contributed by atoms with Crippen molar-refractivity contribution in [3.8, 4) is 0 Å². The summed E-state index contributed by atoms with van der Waals surface area (Å²) in [6, 6.07) is 13.4. The van der Waals surface area contributed by atoms with E-state index in [0.717, 1.165) is 27.0 Å². The van der Waals surface area contributed by atoms with Crippen LogP contribution in [-0.4, -0.2) is 5.91 Å². The minimum atomic E-state index is -0.323. The van der Waals surface area contributed by atoms with E-state index >= 15 is 0 Å². The van der Waals surface area contributed by atoms with Crippen LogP contribution < -0.4 is 10.6 Å². The molecule has 0 bridgehead atoms. The topological polar surface area (TPSA) is 41.1 Å². The number of para-hydroxylation sites is 1. The van der Waals surface area contributed by atoms with Gasteiger partial charge in [-0.15, -0.1) is 0 Å². The molecule has 3 nitrogen and oxygen atoms in total. The Balaban J connectivity index is 1.93. The molecule has 1 heterocycles. The lowest BCUT2D eigenvalue weighted by Crippen LogP contribution is -2.20. The number of benzene rings is 2. The van der Waals surface area contributed by atoms with Gasteiger partial charge in [0.1, 0.15) is 6.04 Å². The minimum Gasteiger partial charge on any atom is -0.370 e. The number of fused-ring (bicyclic) bond motifs is 1. The van der Waals surface area contributed by atoms with Crippen molar-refractivity contribution in [2.45, 2.75) is 13.0 Å². The Morgan fingerprint density at radius 3 is 2.79 bits per heavy atom. The molecule has 2 aromatic rings. The summed E-state index contributed by atoms with van der Waals surface area (Å²) in [7, 11) is 0. The van der Waals surface area contributed by atoms with Gasteiger partial charge in [-0.2, -0.15) is 0 Å². The molecule has 0 aliphatic carbocycles. The molecule has 96 valence electrons. The molecule has 1 unspecified atom stereocenters. The molecule has 0 radical (unpaired) electrons. The molecule has 1 atom stereocenters. The van der Waals surface area contributed by atoms with Crippen LogP contribution in [0.2, 0.25) is 0 Å². The van der Waals surface area contributed by atoms with Crippen LogP contribution in [0.3, 0.4) is 0 Å². The Morgan fingerprint density at radius 2 is 2.00 bits per heavy atom. The molecule has 0 fully saturated rings. The number of carbonyl (C=O) groups is 1. The fraction of sp³-hybridized carbons (Fsp3) is 0.133. The van der Waals surface area contributed by atoms with E-state index < -0.39 is 0 Å². The van der Waals surface area contributed by atoms with Gasteiger partial charge in [0, 0.05) is 21.4 Å². The zero-order valence-electron chi connectivity index (χ0n) is 10.4. The van der Waals surface area contributed by atoms with Gasteiger partial charge in [0.25, 0.3) is 5.91 Å². The lowest BCUT2D eigenvalue weighted by molar-refractivity contribution is -0.116. The highest BCUT2D eigenvalue weighted by molar-refractivity contribution is 9.10. The number of rotatable bonds is 2. The van der Waals surface area contributed by atoms with Crippen molar-refractivity contribution in [2.24, 2.45) is 0 Å². The van der Waals surface area contributed by atoms with Crippen LogP contribution in [0.25, 0.3) is 0 Å². The van der Waals surface area contributed by atoms with Crippen molar-refractivity contribution in [2.75, 3.05) is 10.6 Å². The molecule has 2 N–H and O–H groups in total. The van der Waals surface area contributed by atoms with E-state index in [1.54, 1.807) is 0 Å². The maximum Gasteiger partial charge on any atom is 0.251 e. The second kappa shape index (κ2) is 4.70. The number of halogens is 1. The predicted molar refractivity (Wildman–Crippen MR) is 80.3 cm³/mol. The molecule has 0 saturated heterocycles. The number of anilines is 2. The Bertz CT molecular complexity index is 654. The molecule has 1 aliphatic heterocycles. The summed E-state index contributed by atoms with van der Waals surface area (Å²) in [4.78, 5) is 12.0. The fourth-order valence-electron chi connectivity index (χ4n) is 2.30. The molecule has 19 heavy (non-hydrogen) atoms. The first kappa shape index (κ1) is 12.2. The van der Waals surface area contributed by atoms with Gasteiger partial charge in [-0.1, -0.05) is 34.1 Å². The highest BCUT2D eigenvalue weighted by atomic mass is 79.9. The summed E-state index contributed by atoms with van der Waals surface area (Å²) in [5.41, 5.74) is 3.96. The van der Waals surface area contributed by atoms with Gasteiger partial charge in [0.15, 0.2) is 0 Å². The van der Waals surface area contributed by atoms with Crippen LogP contribution >= 0.6 is 15.9 Å². The van der Waals surface area contributed by atoms with Crippen LogP contribution in [0.1, 0.15) is 17.2 Å². The van der Waals surface area contributed by atoms with Gasteiger partial charge in [-0.05, 0) is 36.8 Å². The summed E-state index contributed by atoms with van der Waals surface area (Å²) in [6.45, 7) is 2.02. The van der Waals surface area contributed by atoms with E-state index in [2.05, 4.69) is 26.6 Å². The summed E-state index contributed by atoms with van der Waals surface area (Å²) < 4.78 is 1.03. The molecule has 0 aromatic heterocycles. The number of nitrogens with one attached hydrogen (secondary N) is 2. The van der Waals surface area contributed by atoms with Gasteiger partial charge in [-0.3, -0.25) is 4.79 Å². The maximum absolute atomic E-state index is 12.0. The van der Waals surface area contributed by atoms with E-state index in [1.165, 1.54) is 0 Å². The van der Waals surface area contributed by atoms with E-state index in [4.69, 9.17) is 0 Å². The summed E-state index contributed by atoms with van der Waals surface area (Å²) in [5, 5.41) is 6.20. The van der Waals surface area contributed by atoms with Crippen molar-refractivity contribution in [3.05, 3.63) is 58.1 Å². The van der Waals surface area contributed by atoms with Crippen LogP contribution in [0.4, 0.5) is 11.4 Å². The monoisotopic (exact) mass is 316 g/mol. The molecule has 0 spiro atoms. The van der Waals surface area contributed by atoms with Crippen molar-refractivity contribution >= 4 is 33.2 Å². The third-order valence-corrected chi connectivity index (χ3v) is 3.77. The van der Waals surface area contributed by atoms with Crippen molar-refractivity contribution < 1.29 is 4.79 Å². The Morgan fingerprint density at radius 1 is 1.21 bits per heavy atom. The third-order valence-electron chi connectivity index (χ3n) is 3.28. The molecule has 0 saturated carbocycles. The van der Waals surface area contributed by atoms with Crippen molar-refractivity contribution in [1.82, 2.24) is 0 Å². The molecular formula is C15H13BrN2O. The summed E-state index contributed by atoms with van der Waals surface area (Å²) in [5.74, 6) is -0.0106. The highest BCUT2D eigenvalue weighted by Gasteiger charge is 2.30. The lowest BCUT2D eigenvalue weighted by atomic mass is 10.1. The number of amides is 1.